The Balaban J connectivity index is 1.50. The molecule has 0 unspecified atom stereocenters. The van der Waals surface area contributed by atoms with Gasteiger partial charge in [-0.15, -0.1) is 11.3 Å². The molecule has 0 amide bonds. The lowest BCUT2D eigenvalue weighted by Gasteiger charge is -2.33. The lowest BCUT2D eigenvalue weighted by molar-refractivity contribution is 0.401. The topological polar surface area (TPSA) is 0 Å². The molecule has 0 bridgehead atoms. The molecule has 0 aliphatic heterocycles. The van der Waals surface area contributed by atoms with Crippen molar-refractivity contribution in [3.05, 3.63) is 108 Å². The third-order valence-electron chi connectivity index (χ3n) is 9.45. The molecule has 210 valence electrons. The third kappa shape index (κ3) is 5.19. The van der Waals surface area contributed by atoms with Crippen LogP contribution in [0.25, 0.3) is 42.8 Å². The zero-order valence-corrected chi connectivity index (χ0v) is 26.0. The van der Waals surface area contributed by atoms with Crippen molar-refractivity contribution >= 4 is 22.1 Å². The van der Waals surface area contributed by atoms with Crippen LogP contribution in [0.4, 0.5) is 0 Å². The molecule has 0 saturated heterocycles. The average Bonchev–Trinajstić information content (AvgIpc) is 3.52. The zero-order valence-electron chi connectivity index (χ0n) is 25.1. The van der Waals surface area contributed by atoms with Gasteiger partial charge in [-0.25, -0.2) is 0 Å². The highest BCUT2D eigenvalue weighted by atomic mass is 32.1. The standard InChI is InChI=1S/C40H44S/c1-4-6-8-16-26-40(27-17-9-7-5-2)36-23-15-14-20-32(36)33-25-24-30(28-37(33)40)38-34-21-12-13-22-35(34)39(41-38)31-19-11-10-18-29(31)3/h10-15,18-25,28H,4-9,16-17,26-27H2,1-3H3. The highest BCUT2D eigenvalue weighted by molar-refractivity contribution is 7.21. The number of unbranched alkanes of at least 4 members (excludes halogenated alkanes) is 6. The van der Waals surface area contributed by atoms with Crippen molar-refractivity contribution in [3.63, 3.8) is 0 Å². The van der Waals surface area contributed by atoms with Gasteiger partial charge in [-0.2, -0.15) is 0 Å². The van der Waals surface area contributed by atoms with E-state index < -0.39 is 0 Å². The van der Waals surface area contributed by atoms with E-state index in [0.29, 0.717) is 0 Å². The molecule has 0 fully saturated rings. The van der Waals surface area contributed by atoms with E-state index in [1.54, 1.807) is 11.1 Å². The maximum absolute atomic E-state index is 2.61. The predicted octanol–water partition coefficient (Wildman–Crippen LogP) is 12.8. The summed E-state index contributed by atoms with van der Waals surface area (Å²) in [6, 6.07) is 34.7. The summed E-state index contributed by atoms with van der Waals surface area (Å²) in [5.41, 5.74) is 10.3. The van der Waals surface area contributed by atoms with Gasteiger partial charge in [-0.05, 0) is 64.8 Å². The number of hydrogen-bond acceptors (Lipinski definition) is 1. The molecule has 6 rings (SSSR count). The SMILES string of the molecule is CCCCCCC1(CCCCCC)c2ccccc2-c2ccc(-c3sc(-c4ccccc4C)c4ccccc34)cc21. The molecule has 5 aromatic rings. The second kappa shape index (κ2) is 12.4. The Bertz CT molecular complexity index is 1620. The molecule has 1 aliphatic carbocycles. The minimum Gasteiger partial charge on any atom is -0.134 e. The number of hydrogen-bond donors (Lipinski definition) is 0. The Hall–Kier alpha value is -3.16. The van der Waals surface area contributed by atoms with Crippen LogP contribution in [-0.2, 0) is 5.41 Å². The lowest BCUT2D eigenvalue weighted by Crippen LogP contribution is -2.25. The summed E-state index contributed by atoms with van der Waals surface area (Å²) in [6.07, 6.45) is 13.0. The number of benzene rings is 4. The Morgan fingerprint density at radius 3 is 1.80 bits per heavy atom. The van der Waals surface area contributed by atoms with E-state index >= 15 is 0 Å². The fourth-order valence-electron chi connectivity index (χ4n) is 7.30. The average molecular weight is 557 g/mol. The minimum atomic E-state index is 0.120. The van der Waals surface area contributed by atoms with Gasteiger partial charge in [-0.1, -0.05) is 150 Å². The van der Waals surface area contributed by atoms with Crippen LogP contribution in [0.5, 0.6) is 0 Å². The Kier molecular flexibility index (Phi) is 8.45. The molecular weight excluding hydrogens is 513 g/mol. The van der Waals surface area contributed by atoms with E-state index in [9.17, 15) is 0 Å². The van der Waals surface area contributed by atoms with Crippen LogP contribution in [0.1, 0.15) is 94.7 Å². The second-order valence-corrected chi connectivity index (χ2v) is 13.2. The van der Waals surface area contributed by atoms with Crippen LogP contribution in [-0.4, -0.2) is 0 Å². The van der Waals surface area contributed by atoms with Crippen molar-refractivity contribution in [3.8, 4) is 32.0 Å². The quantitative estimate of drug-likeness (QED) is 0.134. The first-order chi connectivity index (χ1) is 20.2. The van der Waals surface area contributed by atoms with E-state index in [1.165, 1.54) is 113 Å². The third-order valence-corrected chi connectivity index (χ3v) is 10.8. The van der Waals surface area contributed by atoms with Gasteiger partial charge in [0.05, 0.1) is 0 Å². The Labute approximate surface area is 251 Å². The summed E-state index contributed by atoms with van der Waals surface area (Å²) in [5.74, 6) is 0. The molecule has 0 nitrogen and oxygen atoms in total. The Morgan fingerprint density at radius 2 is 1.12 bits per heavy atom. The first kappa shape index (κ1) is 28.0. The van der Waals surface area contributed by atoms with E-state index in [0.717, 1.165) is 0 Å². The van der Waals surface area contributed by atoms with E-state index in [-0.39, 0.29) is 5.41 Å². The molecule has 4 aromatic carbocycles. The zero-order chi connectivity index (χ0) is 28.2. The van der Waals surface area contributed by atoms with Gasteiger partial charge in [0, 0.05) is 25.9 Å². The van der Waals surface area contributed by atoms with E-state index in [4.69, 9.17) is 0 Å². The van der Waals surface area contributed by atoms with Crippen molar-refractivity contribution in [2.75, 3.05) is 0 Å². The number of thiophene rings is 1. The van der Waals surface area contributed by atoms with Gasteiger partial charge >= 0.3 is 0 Å². The van der Waals surface area contributed by atoms with Gasteiger partial charge in [0.1, 0.15) is 0 Å². The number of fused-ring (bicyclic) bond motifs is 4. The lowest BCUT2D eigenvalue weighted by atomic mass is 9.70. The van der Waals surface area contributed by atoms with E-state index in [1.807, 2.05) is 11.3 Å². The summed E-state index contributed by atoms with van der Waals surface area (Å²) in [7, 11) is 0. The van der Waals surface area contributed by atoms with Crippen LogP contribution < -0.4 is 0 Å². The summed E-state index contributed by atoms with van der Waals surface area (Å²) in [4.78, 5) is 2.80. The monoisotopic (exact) mass is 556 g/mol. The van der Waals surface area contributed by atoms with Gasteiger partial charge in [-0.3, -0.25) is 0 Å². The maximum atomic E-state index is 2.61. The molecule has 41 heavy (non-hydrogen) atoms. The number of rotatable bonds is 12. The summed E-state index contributed by atoms with van der Waals surface area (Å²) in [5, 5.41) is 2.75. The second-order valence-electron chi connectivity index (χ2n) is 12.1. The summed E-state index contributed by atoms with van der Waals surface area (Å²) < 4.78 is 0. The van der Waals surface area contributed by atoms with Crippen LogP contribution >= 0.6 is 11.3 Å². The molecular formula is C40H44S. The number of aryl methyl sites for hydroxylation is 1. The van der Waals surface area contributed by atoms with E-state index in [2.05, 4.69) is 112 Å². The fraction of sp³-hybridized carbons (Fsp3) is 0.350. The molecule has 1 aromatic heterocycles. The van der Waals surface area contributed by atoms with Crippen LogP contribution in [0.15, 0.2) is 91.0 Å². The first-order valence-corrected chi connectivity index (χ1v) is 16.8. The molecule has 0 atom stereocenters. The summed E-state index contributed by atoms with van der Waals surface area (Å²) in [6.45, 7) is 6.88. The van der Waals surface area contributed by atoms with Crippen molar-refractivity contribution in [1.82, 2.24) is 0 Å². The van der Waals surface area contributed by atoms with Crippen LogP contribution in [0, 0.1) is 6.92 Å². The molecule has 1 heterocycles. The molecule has 1 heteroatoms. The van der Waals surface area contributed by atoms with Gasteiger partial charge in [0.15, 0.2) is 0 Å². The summed E-state index contributed by atoms with van der Waals surface area (Å²) >= 11 is 1.97. The first-order valence-electron chi connectivity index (χ1n) is 16.0. The Morgan fingerprint density at radius 1 is 0.537 bits per heavy atom. The molecule has 0 radical (unpaired) electrons. The van der Waals surface area contributed by atoms with Crippen LogP contribution in [0.3, 0.4) is 0 Å². The fourth-order valence-corrected chi connectivity index (χ4v) is 8.66. The van der Waals surface area contributed by atoms with Gasteiger partial charge < -0.3 is 0 Å². The van der Waals surface area contributed by atoms with Gasteiger partial charge in [0.25, 0.3) is 0 Å². The molecule has 1 aliphatic rings. The van der Waals surface area contributed by atoms with Crippen LogP contribution in [0.2, 0.25) is 0 Å². The minimum absolute atomic E-state index is 0.120. The maximum Gasteiger partial charge on any atom is 0.0430 e. The van der Waals surface area contributed by atoms with Crippen molar-refractivity contribution < 1.29 is 0 Å². The highest BCUT2D eigenvalue weighted by Gasteiger charge is 2.42. The largest absolute Gasteiger partial charge is 0.134 e. The van der Waals surface area contributed by atoms with Crippen molar-refractivity contribution in [2.45, 2.75) is 90.4 Å². The molecule has 0 N–H and O–H groups in total. The molecule has 0 spiro atoms. The van der Waals surface area contributed by atoms with Gasteiger partial charge in [0.2, 0.25) is 0 Å². The van der Waals surface area contributed by atoms with Crippen molar-refractivity contribution in [1.29, 1.82) is 0 Å². The molecule has 0 saturated carbocycles. The van der Waals surface area contributed by atoms with Crippen molar-refractivity contribution in [2.24, 2.45) is 0 Å². The smallest absolute Gasteiger partial charge is 0.0430 e. The predicted molar refractivity (Wildman–Crippen MR) is 181 cm³/mol. The highest BCUT2D eigenvalue weighted by Crippen LogP contribution is 2.56. The normalized spacial score (nSPS) is 13.4.